The number of benzene rings is 2. The molecule has 2 aromatic carbocycles. The van der Waals surface area contributed by atoms with E-state index in [1.165, 1.54) is 36.4 Å². The maximum absolute atomic E-state index is 13.6. The first kappa shape index (κ1) is 24.5. The second-order valence-corrected chi connectivity index (χ2v) is 11.1. The Balaban J connectivity index is 1.52. The molecule has 2 N–H and O–H groups in total. The van der Waals surface area contributed by atoms with Crippen molar-refractivity contribution < 1.29 is 36.3 Å². The van der Waals surface area contributed by atoms with Gasteiger partial charge in [-0.3, -0.25) is 10.0 Å². The summed E-state index contributed by atoms with van der Waals surface area (Å²) < 4.78 is 69.6. The predicted molar refractivity (Wildman–Crippen MR) is 116 cm³/mol. The van der Waals surface area contributed by atoms with Gasteiger partial charge in [-0.1, -0.05) is 0 Å². The van der Waals surface area contributed by atoms with E-state index in [0.29, 0.717) is 19.1 Å². The molecule has 34 heavy (non-hydrogen) atoms. The van der Waals surface area contributed by atoms with Crippen molar-refractivity contribution in [3.8, 4) is 11.5 Å². The molecule has 1 heterocycles. The van der Waals surface area contributed by atoms with E-state index in [2.05, 4.69) is 4.90 Å². The Morgan fingerprint density at radius 3 is 2.03 bits per heavy atom. The molecular weight excluding hydrogens is 473 g/mol. The fraction of sp³-hybridized carbons (Fsp3) is 0.435. The Morgan fingerprint density at radius 1 is 1.03 bits per heavy atom. The lowest BCUT2D eigenvalue weighted by molar-refractivity contribution is -0.137. The van der Waals surface area contributed by atoms with Crippen LogP contribution in [0.15, 0.2) is 53.4 Å². The van der Waals surface area contributed by atoms with Gasteiger partial charge in [0, 0.05) is 12.5 Å². The van der Waals surface area contributed by atoms with Crippen LogP contribution in [0.4, 0.5) is 13.2 Å². The van der Waals surface area contributed by atoms with Crippen molar-refractivity contribution in [1.82, 2.24) is 10.4 Å². The zero-order valence-electron chi connectivity index (χ0n) is 18.2. The predicted octanol–water partition coefficient (Wildman–Crippen LogP) is 4.16. The molecule has 0 aromatic heterocycles. The third-order valence-corrected chi connectivity index (χ3v) is 9.09. The van der Waals surface area contributed by atoms with Crippen LogP contribution < -0.4 is 10.2 Å². The standard InChI is InChI=1S/C23H25F3N2O5S/c24-23(25,26)16-1-5-18(6-2-16)33-19-7-9-20(10-8-19)34(31,32)22(15-21(29)27-30)11-13-28(14-12-22)17-3-4-17/h1-2,5-10,17,30H,3-4,11-15H2,(H,27,29). The molecule has 1 aliphatic carbocycles. The minimum atomic E-state index is -4.45. The first-order chi connectivity index (χ1) is 16.0. The number of amides is 1. The average Bonchev–Trinajstić information content (AvgIpc) is 3.65. The zero-order chi connectivity index (χ0) is 24.6. The van der Waals surface area contributed by atoms with Crippen molar-refractivity contribution in [1.29, 1.82) is 0 Å². The third kappa shape index (κ3) is 5.06. The second kappa shape index (κ2) is 9.20. The number of hydrogen-bond acceptors (Lipinski definition) is 6. The number of sulfone groups is 1. The van der Waals surface area contributed by atoms with Crippen LogP contribution in [-0.2, 0) is 20.8 Å². The van der Waals surface area contributed by atoms with Crippen LogP contribution in [0.2, 0.25) is 0 Å². The van der Waals surface area contributed by atoms with E-state index in [9.17, 15) is 26.4 Å². The van der Waals surface area contributed by atoms with Gasteiger partial charge in [0.05, 0.1) is 15.2 Å². The van der Waals surface area contributed by atoms with Gasteiger partial charge in [0.25, 0.3) is 0 Å². The van der Waals surface area contributed by atoms with Crippen LogP contribution in [0.3, 0.4) is 0 Å². The number of likely N-dealkylation sites (tertiary alicyclic amines) is 1. The zero-order valence-corrected chi connectivity index (χ0v) is 19.0. The summed E-state index contributed by atoms with van der Waals surface area (Å²) in [7, 11) is -3.95. The van der Waals surface area contributed by atoms with Gasteiger partial charge in [-0.2, -0.15) is 13.2 Å². The van der Waals surface area contributed by atoms with Gasteiger partial charge in [-0.15, -0.1) is 0 Å². The van der Waals surface area contributed by atoms with Gasteiger partial charge in [-0.25, -0.2) is 13.9 Å². The first-order valence-electron chi connectivity index (χ1n) is 10.9. The number of nitrogens with one attached hydrogen (secondary N) is 1. The Labute approximate surface area is 195 Å². The highest BCUT2D eigenvalue weighted by molar-refractivity contribution is 7.92. The number of alkyl halides is 3. The molecule has 7 nitrogen and oxygen atoms in total. The highest BCUT2D eigenvalue weighted by Gasteiger charge is 2.49. The van der Waals surface area contributed by atoms with Gasteiger partial charge < -0.3 is 9.64 Å². The monoisotopic (exact) mass is 498 g/mol. The molecule has 0 radical (unpaired) electrons. The van der Waals surface area contributed by atoms with Gasteiger partial charge in [0.1, 0.15) is 11.5 Å². The highest BCUT2D eigenvalue weighted by atomic mass is 32.2. The molecule has 2 aromatic rings. The minimum Gasteiger partial charge on any atom is -0.457 e. The normalized spacial score (nSPS) is 18.9. The van der Waals surface area contributed by atoms with Gasteiger partial charge in [0.15, 0.2) is 9.84 Å². The lowest BCUT2D eigenvalue weighted by Crippen LogP contribution is -2.51. The number of halogens is 3. The van der Waals surface area contributed by atoms with Gasteiger partial charge >= 0.3 is 6.18 Å². The summed E-state index contributed by atoms with van der Waals surface area (Å²) in [5.74, 6) is -0.331. The molecule has 4 rings (SSSR count). The van der Waals surface area contributed by atoms with E-state index >= 15 is 0 Å². The molecule has 2 aliphatic rings. The summed E-state index contributed by atoms with van der Waals surface area (Å²) in [4.78, 5) is 14.3. The van der Waals surface area contributed by atoms with E-state index in [-0.39, 0.29) is 35.7 Å². The summed E-state index contributed by atoms with van der Waals surface area (Å²) in [5.41, 5.74) is 0.749. The van der Waals surface area contributed by atoms with Crippen molar-refractivity contribution in [2.24, 2.45) is 0 Å². The van der Waals surface area contributed by atoms with Crippen molar-refractivity contribution in [2.75, 3.05) is 13.1 Å². The summed E-state index contributed by atoms with van der Waals surface area (Å²) >= 11 is 0. The number of carbonyl (C=O) groups excluding carboxylic acids is 1. The van der Waals surface area contributed by atoms with E-state index in [0.717, 1.165) is 25.0 Å². The molecule has 2 fully saturated rings. The largest absolute Gasteiger partial charge is 0.457 e. The van der Waals surface area contributed by atoms with E-state index in [1.807, 2.05) is 0 Å². The molecule has 0 spiro atoms. The number of piperidine rings is 1. The molecule has 0 bridgehead atoms. The summed E-state index contributed by atoms with van der Waals surface area (Å²) in [6.07, 6.45) is -2.08. The summed E-state index contributed by atoms with van der Waals surface area (Å²) in [6, 6.07) is 10.2. The molecule has 11 heteroatoms. The van der Waals surface area contributed by atoms with Crippen LogP contribution in [0.1, 0.15) is 37.7 Å². The number of ether oxygens (including phenoxy) is 1. The molecule has 0 atom stereocenters. The van der Waals surface area contributed by atoms with Gasteiger partial charge in [0.2, 0.25) is 5.91 Å². The molecule has 1 saturated heterocycles. The van der Waals surface area contributed by atoms with E-state index in [4.69, 9.17) is 9.94 Å². The number of hydroxylamine groups is 1. The average molecular weight is 499 g/mol. The molecule has 184 valence electrons. The molecule has 0 unspecified atom stereocenters. The smallest absolute Gasteiger partial charge is 0.416 e. The summed E-state index contributed by atoms with van der Waals surface area (Å²) in [6.45, 7) is 1.11. The van der Waals surface area contributed by atoms with Crippen molar-refractivity contribution in [3.63, 3.8) is 0 Å². The Hall–Kier alpha value is -2.63. The number of carbonyl (C=O) groups is 1. The van der Waals surface area contributed by atoms with E-state index in [1.54, 1.807) is 5.48 Å². The Morgan fingerprint density at radius 2 is 1.56 bits per heavy atom. The number of rotatable bonds is 7. The third-order valence-electron chi connectivity index (χ3n) is 6.50. The number of hydrogen-bond donors (Lipinski definition) is 2. The van der Waals surface area contributed by atoms with Crippen LogP contribution in [0, 0.1) is 0 Å². The lowest BCUT2D eigenvalue weighted by Gasteiger charge is -2.41. The van der Waals surface area contributed by atoms with Gasteiger partial charge in [-0.05, 0) is 87.3 Å². The minimum absolute atomic E-state index is 0.0119. The molecule has 1 amide bonds. The maximum Gasteiger partial charge on any atom is 0.416 e. The number of nitrogens with zero attached hydrogens (tertiary/aromatic N) is 1. The Kier molecular flexibility index (Phi) is 6.63. The summed E-state index contributed by atoms with van der Waals surface area (Å²) in [5, 5.41) is 9.02. The van der Waals surface area contributed by atoms with Crippen molar-refractivity contribution in [3.05, 3.63) is 54.1 Å². The first-order valence-corrected chi connectivity index (χ1v) is 12.4. The van der Waals surface area contributed by atoms with Crippen LogP contribution in [-0.4, -0.2) is 48.3 Å². The Bertz CT molecular complexity index is 1120. The van der Waals surface area contributed by atoms with Crippen LogP contribution >= 0.6 is 0 Å². The van der Waals surface area contributed by atoms with Crippen molar-refractivity contribution >= 4 is 15.7 Å². The molecule has 1 aliphatic heterocycles. The van der Waals surface area contributed by atoms with Crippen LogP contribution in [0.25, 0.3) is 0 Å². The van der Waals surface area contributed by atoms with Crippen LogP contribution in [0.5, 0.6) is 11.5 Å². The lowest BCUT2D eigenvalue weighted by atomic mass is 9.92. The maximum atomic E-state index is 13.6. The quantitative estimate of drug-likeness (QED) is 0.440. The van der Waals surface area contributed by atoms with Crippen molar-refractivity contribution in [2.45, 2.75) is 54.0 Å². The molecule has 1 saturated carbocycles. The SMILES string of the molecule is O=C(CC1(S(=O)(=O)c2ccc(Oc3ccc(C(F)(F)F)cc3)cc2)CCN(C2CC2)CC1)NO. The highest BCUT2D eigenvalue weighted by Crippen LogP contribution is 2.41. The topological polar surface area (TPSA) is 95.9 Å². The fourth-order valence-corrected chi connectivity index (χ4v) is 6.43. The fourth-order valence-electron chi connectivity index (χ4n) is 4.39. The molecular formula is C23H25F3N2O5S. The second-order valence-electron chi connectivity index (χ2n) is 8.76. The van der Waals surface area contributed by atoms with E-state index < -0.39 is 32.2 Å².